The third-order valence-electron chi connectivity index (χ3n) is 15.2. The van der Waals surface area contributed by atoms with Crippen molar-refractivity contribution in [3.8, 4) is 34.5 Å². The molecule has 14 heteroatoms. The summed E-state index contributed by atoms with van der Waals surface area (Å²) in [6.07, 6.45) is 2.56. The molecule has 0 bridgehead atoms. The van der Waals surface area contributed by atoms with E-state index in [4.69, 9.17) is 28.4 Å². The number of nitrogens with one attached hydrogen (secondary N) is 2. The van der Waals surface area contributed by atoms with Crippen molar-refractivity contribution < 1.29 is 57.2 Å². The maximum atomic E-state index is 15.2. The van der Waals surface area contributed by atoms with Gasteiger partial charge in [-0.2, -0.15) is 0 Å². The van der Waals surface area contributed by atoms with Gasteiger partial charge < -0.3 is 39.1 Å². The molecule has 0 saturated heterocycles. The minimum atomic E-state index is -1.60. The smallest absolute Gasteiger partial charge is 0.194 e. The van der Waals surface area contributed by atoms with Gasteiger partial charge in [-0.15, -0.1) is 0 Å². The summed E-state index contributed by atoms with van der Waals surface area (Å²) in [4.78, 5) is 85.9. The summed E-state index contributed by atoms with van der Waals surface area (Å²) in [7, 11) is 0. The predicted octanol–water partition coefficient (Wildman–Crippen LogP) is 10.8. The second kappa shape index (κ2) is 21.9. The molecule has 10 rings (SSSR count). The number of rotatable bonds is 19. The Morgan fingerprint density at radius 3 is 1.02 bits per heavy atom. The molecule has 0 saturated carbocycles. The molecule has 2 atom stereocenters. The highest BCUT2D eigenvalue weighted by Crippen LogP contribution is 2.60. The zero-order valence-electron chi connectivity index (χ0n) is 45.8. The molecule has 0 spiro atoms. The number of hydrogen-bond acceptors (Lipinski definition) is 14. The van der Waals surface area contributed by atoms with Gasteiger partial charge in [0.15, 0.2) is 34.7 Å². The van der Waals surface area contributed by atoms with Crippen molar-refractivity contribution in [2.75, 3.05) is 13.1 Å². The van der Waals surface area contributed by atoms with Gasteiger partial charge in [0, 0.05) is 47.8 Å². The van der Waals surface area contributed by atoms with Crippen LogP contribution in [0.4, 0.5) is 0 Å². The number of benzene rings is 6. The molecule has 14 nitrogen and oxygen atoms in total. The molecule has 2 heterocycles. The number of Topliss-reactive ketones (excluding diaryl/α,β-unsaturated/α-hetero) is 4. The number of ether oxygens (including phenoxy) is 6. The van der Waals surface area contributed by atoms with Gasteiger partial charge in [0.1, 0.15) is 94.4 Å². The lowest BCUT2D eigenvalue weighted by Gasteiger charge is -2.30. The van der Waals surface area contributed by atoms with Crippen LogP contribution < -0.4 is 39.1 Å². The number of carbonyl (C=O) groups is 6. The lowest BCUT2D eigenvalue weighted by atomic mass is 9.70. The van der Waals surface area contributed by atoms with Gasteiger partial charge in [-0.05, 0) is 77.6 Å². The highest BCUT2D eigenvalue weighted by atomic mass is 16.5. The van der Waals surface area contributed by atoms with E-state index in [0.717, 1.165) is 22.3 Å². The number of carbonyl (C=O) groups excluding carboxylic acids is 6. The fourth-order valence-electron chi connectivity index (χ4n) is 11.0. The second-order valence-electron chi connectivity index (χ2n) is 20.6. The van der Waals surface area contributed by atoms with Gasteiger partial charge in [0.05, 0.1) is 22.3 Å². The maximum Gasteiger partial charge on any atom is 0.194 e. The fourth-order valence-corrected chi connectivity index (χ4v) is 11.0. The topological polar surface area (TPSA) is 182 Å². The minimum Gasteiger partial charge on any atom is -0.488 e. The van der Waals surface area contributed by atoms with Crippen LogP contribution in [0.15, 0.2) is 168 Å². The molecular formula is C66H60N2O12. The van der Waals surface area contributed by atoms with Crippen LogP contribution in [0.5, 0.6) is 34.5 Å². The quantitative estimate of drug-likeness (QED) is 0.0338. The van der Waals surface area contributed by atoms with E-state index in [0.29, 0.717) is 33.8 Å². The van der Waals surface area contributed by atoms with Gasteiger partial charge in [0.25, 0.3) is 0 Å². The summed E-state index contributed by atoms with van der Waals surface area (Å²) >= 11 is 0. The standard InChI is InChI=1S/C66H60N2O12/c1-37-57(75-33-43-21-13-9-14-22-43)53(41(5)69)61-55(59(37)77-35-45-25-17-11-18-26-45)65(7)49(79-61)31-47(71)51(63(65)73)39(3)67-29-30-68-40(4)52-48(72)32-50-66(8,64(52)74)56-60(78-36-46-27-19-12-20-28-46)38(2)58(54(42(6)70)62(56)80-50)76-34-44-23-15-10-16-24-44/h9-28,31-32,67-68H,29-30,33-36H2,1-8H3/b51-39+,52-40+/t65-,66-/m0/s1. The normalized spacial score (nSPS) is 19.0. The Hall–Kier alpha value is -9.30. The van der Waals surface area contributed by atoms with Crippen molar-refractivity contribution in [3.63, 3.8) is 0 Å². The van der Waals surface area contributed by atoms with E-state index in [1.807, 2.05) is 121 Å². The first kappa shape index (κ1) is 54.1. The molecule has 0 fully saturated rings. The fraction of sp³-hybridized carbons (Fsp3) is 0.242. The summed E-state index contributed by atoms with van der Waals surface area (Å²) in [6, 6.07) is 38.0. The lowest BCUT2D eigenvalue weighted by Crippen LogP contribution is -2.42. The van der Waals surface area contributed by atoms with Crippen LogP contribution in [0.2, 0.25) is 0 Å². The molecule has 0 radical (unpaired) electrons. The van der Waals surface area contributed by atoms with Gasteiger partial charge >= 0.3 is 0 Å². The number of allylic oxidation sites excluding steroid dienone is 8. The van der Waals surface area contributed by atoms with Crippen LogP contribution in [-0.4, -0.2) is 47.8 Å². The summed E-state index contributed by atoms with van der Waals surface area (Å²) in [5.74, 6) is -1.71. The predicted molar refractivity (Wildman–Crippen MR) is 299 cm³/mol. The van der Waals surface area contributed by atoms with Crippen LogP contribution in [0.25, 0.3) is 0 Å². The summed E-state index contributed by atoms with van der Waals surface area (Å²) in [6.45, 7) is 13.7. The van der Waals surface area contributed by atoms with Crippen molar-refractivity contribution >= 4 is 34.7 Å². The van der Waals surface area contributed by atoms with E-state index in [1.54, 1.807) is 41.5 Å². The molecule has 6 aromatic rings. The second-order valence-corrected chi connectivity index (χ2v) is 20.6. The van der Waals surface area contributed by atoms with E-state index in [-0.39, 0.29) is 119 Å². The summed E-state index contributed by atoms with van der Waals surface area (Å²) < 4.78 is 38.9. The van der Waals surface area contributed by atoms with E-state index in [2.05, 4.69) is 10.6 Å². The Morgan fingerprint density at radius 1 is 0.450 bits per heavy atom. The van der Waals surface area contributed by atoms with Crippen molar-refractivity contribution in [1.82, 2.24) is 10.6 Å². The van der Waals surface area contributed by atoms with Crippen LogP contribution in [0, 0.1) is 13.8 Å². The van der Waals surface area contributed by atoms with Crippen molar-refractivity contribution in [2.24, 2.45) is 0 Å². The SMILES string of the molecule is CC(=O)c1c(OCc2ccccc2)c(C)c(OCc2ccccc2)c2c1OC1=CC(=O)/C(=C(/C)NCCN/C(C)=C3\C(=O)C=C4Oc5c(C(C)=O)c(OCc6ccccc6)c(C)c(OCc6ccccc6)c5[C@@]4(C)C3=O)C(=O)[C@@]12C. The Bertz CT molecular complexity index is 3450. The van der Waals surface area contributed by atoms with Crippen LogP contribution in [-0.2, 0) is 56.4 Å². The van der Waals surface area contributed by atoms with E-state index < -0.39 is 34.0 Å². The first-order valence-electron chi connectivity index (χ1n) is 26.4. The lowest BCUT2D eigenvalue weighted by molar-refractivity contribution is -0.125. The number of fused-ring (bicyclic) bond motifs is 6. The Morgan fingerprint density at radius 2 is 0.738 bits per heavy atom. The average Bonchev–Trinajstić information content (AvgIpc) is 3.79. The van der Waals surface area contributed by atoms with E-state index >= 15 is 9.59 Å². The van der Waals surface area contributed by atoms with Crippen molar-refractivity contribution in [2.45, 2.75) is 92.6 Å². The third kappa shape index (κ3) is 9.54. The first-order valence-corrected chi connectivity index (χ1v) is 26.4. The molecule has 4 aliphatic rings. The van der Waals surface area contributed by atoms with Crippen molar-refractivity contribution in [1.29, 1.82) is 0 Å². The molecule has 0 amide bonds. The third-order valence-corrected chi connectivity index (χ3v) is 15.2. The highest BCUT2D eigenvalue weighted by Gasteiger charge is 2.58. The molecule has 406 valence electrons. The molecule has 2 N–H and O–H groups in total. The number of hydrogen-bond donors (Lipinski definition) is 2. The van der Waals surface area contributed by atoms with Crippen LogP contribution in [0.1, 0.15) is 107 Å². The van der Waals surface area contributed by atoms with E-state index in [9.17, 15) is 19.2 Å². The Balaban J connectivity index is 0.931. The zero-order chi connectivity index (χ0) is 56.6. The molecule has 2 aliphatic heterocycles. The zero-order valence-corrected chi connectivity index (χ0v) is 45.8. The van der Waals surface area contributed by atoms with Gasteiger partial charge in [-0.1, -0.05) is 121 Å². The molecule has 0 aromatic heterocycles. The van der Waals surface area contributed by atoms with Crippen LogP contribution >= 0.6 is 0 Å². The highest BCUT2D eigenvalue weighted by molar-refractivity contribution is 6.32. The average molecular weight is 1070 g/mol. The number of ketones is 6. The Kier molecular flexibility index (Phi) is 14.8. The largest absolute Gasteiger partial charge is 0.488 e. The van der Waals surface area contributed by atoms with Gasteiger partial charge in [0.2, 0.25) is 0 Å². The summed E-state index contributed by atoms with van der Waals surface area (Å²) in [5.41, 5.74) is 2.38. The van der Waals surface area contributed by atoms with Crippen LogP contribution in [0.3, 0.4) is 0 Å². The van der Waals surface area contributed by atoms with Crippen molar-refractivity contribution in [3.05, 3.63) is 223 Å². The van der Waals surface area contributed by atoms with Gasteiger partial charge in [-0.25, -0.2) is 0 Å². The molecule has 0 unspecified atom stereocenters. The monoisotopic (exact) mass is 1070 g/mol. The minimum absolute atomic E-state index is 0.0528. The summed E-state index contributed by atoms with van der Waals surface area (Å²) in [5, 5.41) is 6.43. The molecule has 2 aliphatic carbocycles. The molecule has 80 heavy (non-hydrogen) atoms. The van der Waals surface area contributed by atoms with Gasteiger partial charge in [-0.3, -0.25) is 28.8 Å². The molecule has 6 aromatic carbocycles. The van der Waals surface area contributed by atoms with E-state index in [1.165, 1.54) is 26.0 Å². The maximum absolute atomic E-state index is 15.2. The molecular weight excluding hydrogens is 1010 g/mol. The Labute approximate surface area is 464 Å². The first-order chi connectivity index (χ1) is 38.4.